The molecular formula is C17H33N. The lowest BCUT2D eigenvalue weighted by Crippen LogP contribution is -2.51. The predicted molar refractivity (Wildman–Crippen MR) is 79.5 cm³/mol. The topological polar surface area (TPSA) is 26.0 Å². The van der Waals surface area contributed by atoms with Gasteiger partial charge in [-0.05, 0) is 55.8 Å². The van der Waals surface area contributed by atoms with Gasteiger partial charge in [0.2, 0.25) is 0 Å². The molecule has 2 aliphatic carbocycles. The van der Waals surface area contributed by atoms with Crippen molar-refractivity contribution >= 4 is 0 Å². The molecule has 4 unspecified atom stereocenters. The van der Waals surface area contributed by atoms with E-state index in [2.05, 4.69) is 20.8 Å². The Labute approximate surface area is 114 Å². The maximum Gasteiger partial charge on any atom is 0.0185 e. The molecular weight excluding hydrogens is 218 g/mol. The van der Waals surface area contributed by atoms with Crippen LogP contribution in [0.15, 0.2) is 0 Å². The van der Waals surface area contributed by atoms with Gasteiger partial charge in [-0.3, -0.25) is 0 Å². The molecule has 0 aromatic carbocycles. The van der Waals surface area contributed by atoms with Gasteiger partial charge in [-0.1, -0.05) is 46.5 Å². The maximum atomic E-state index is 6.86. The van der Waals surface area contributed by atoms with E-state index in [0.29, 0.717) is 0 Å². The summed E-state index contributed by atoms with van der Waals surface area (Å²) in [6, 6.07) is 0. The van der Waals surface area contributed by atoms with E-state index in [1.165, 1.54) is 57.8 Å². The van der Waals surface area contributed by atoms with Crippen molar-refractivity contribution in [3.63, 3.8) is 0 Å². The van der Waals surface area contributed by atoms with E-state index in [4.69, 9.17) is 5.73 Å². The minimum atomic E-state index is 0.187. The second kappa shape index (κ2) is 5.94. The largest absolute Gasteiger partial charge is 0.325 e. The molecule has 4 atom stereocenters. The Hall–Kier alpha value is -0.0400. The molecule has 1 nitrogen and oxygen atoms in total. The van der Waals surface area contributed by atoms with Crippen LogP contribution < -0.4 is 5.73 Å². The van der Waals surface area contributed by atoms with Crippen LogP contribution in [-0.2, 0) is 0 Å². The summed E-state index contributed by atoms with van der Waals surface area (Å²) in [7, 11) is 0. The quantitative estimate of drug-likeness (QED) is 0.770. The van der Waals surface area contributed by atoms with Gasteiger partial charge in [-0.25, -0.2) is 0 Å². The van der Waals surface area contributed by atoms with Gasteiger partial charge in [0.05, 0.1) is 0 Å². The molecule has 0 bridgehead atoms. The van der Waals surface area contributed by atoms with Crippen LogP contribution in [0.4, 0.5) is 0 Å². The summed E-state index contributed by atoms with van der Waals surface area (Å²) >= 11 is 0. The second-order valence-corrected chi connectivity index (χ2v) is 7.79. The maximum absolute atomic E-state index is 6.86. The highest BCUT2D eigenvalue weighted by atomic mass is 14.8. The van der Waals surface area contributed by atoms with Gasteiger partial charge < -0.3 is 5.73 Å². The van der Waals surface area contributed by atoms with Gasteiger partial charge >= 0.3 is 0 Å². The van der Waals surface area contributed by atoms with E-state index in [9.17, 15) is 0 Å². The standard InChI is InChI=1S/C17H33N/c1-13(2)10-15-7-5-9-17(18,12-15)16-8-4-6-14(3)11-16/h13-16H,4-12,18H2,1-3H3. The highest BCUT2D eigenvalue weighted by Crippen LogP contribution is 2.44. The van der Waals surface area contributed by atoms with Crippen LogP contribution in [-0.4, -0.2) is 5.54 Å². The fourth-order valence-electron chi connectivity index (χ4n) is 4.66. The fraction of sp³-hybridized carbons (Fsp3) is 1.00. The van der Waals surface area contributed by atoms with Gasteiger partial charge in [0.15, 0.2) is 0 Å². The lowest BCUT2D eigenvalue weighted by Gasteiger charge is -2.46. The van der Waals surface area contributed by atoms with Crippen molar-refractivity contribution in [1.29, 1.82) is 0 Å². The van der Waals surface area contributed by atoms with Crippen molar-refractivity contribution in [2.45, 2.75) is 84.1 Å². The van der Waals surface area contributed by atoms with E-state index >= 15 is 0 Å². The summed E-state index contributed by atoms with van der Waals surface area (Å²) in [5.41, 5.74) is 7.05. The predicted octanol–water partition coefficient (Wildman–Crippen LogP) is 4.75. The van der Waals surface area contributed by atoms with E-state index in [-0.39, 0.29) is 5.54 Å². The smallest absolute Gasteiger partial charge is 0.0185 e. The van der Waals surface area contributed by atoms with Gasteiger partial charge in [0.25, 0.3) is 0 Å². The van der Waals surface area contributed by atoms with Crippen LogP contribution in [0.3, 0.4) is 0 Å². The Morgan fingerprint density at radius 2 is 1.94 bits per heavy atom. The summed E-state index contributed by atoms with van der Waals surface area (Å²) < 4.78 is 0. The summed E-state index contributed by atoms with van der Waals surface area (Å²) in [4.78, 5) is 0. The number of hydrogen-bond donors (Lipinski definition) is 1. The number of rotatable bonds is 3. The summed E-state index contributed by atoms with van der Waals surface area (Å²) in [6.07, 6.45) is 12.4. The van der Waals surface area contributed by atoms with Crippen LogP contribution in [0.1, 0.15) is 78.6 Å². The molecule has 2 fully saturated rings. The van der Waals surface area contributed by atoms with Gasteiger partial charge in [-0.2, -0.15) is 0 Å². The molecule has 18 heavy (non-hydrogen) atoms. The van der Waals surface area contributed by atoms with Crippen LogP contribution >= 0.6 is 0 Å². The molecule has 2 aliphatic rings. The van der Waals surface area contributed by atoms with Gasteiger partial charge in [-0.15, -0.1) is 0 Å². The highest BCUT2D eigenvalue weighted by Gasteiger charge is 2.40. The molecule has 0 aliphatic heterocycles. The monoisotopic (exact) mass is 251 g/mol. The SMILES string of the molecule is CC(C)CC1CCCC(N)(C2CCCC(C)C2)C1. The Balaban J connectivity index is 1.96. The van der Waals surface area contributed by atoms with Gasteiger partial charge in [0.1, 0.15) is 0 Å². The van der Waals surface area contributed by atoms with E-state index < -0.39 is 0 Å². The Morgan fingerprint density at radius 3 is 2.61 bits per heavy atom. The third-order valence-electron chi connectivity index (χ3n) is 5.48. The molecule has 0 amide bonds. The zero-order valence-electron chi connectivity index (χ0n) is 12.8. The van der Waals surface area contributed by atoms with Crippen molar-refractivity contribution in [2.75, 3.05) is 0 Å². The molecule has 0 aromatic heterocycles. The molecule has 106 valence electrons. The molecule has 0 spiro atoms. The normalized spacial score (nSPS) is 42.2. The first-order valence-electron chi connectivity index (χ1n) is 8.28. The highest BCUT2D eigenvalue weighted by molar-refractivity contribution is 4.97. The summed E-state index contributed by atoms with van der Waals surface area (Å²) in [5, 5.41) is 0. The zero-order valence-corrected chi connectivity index (χ0v) is 12.8. The Kier molecular flexibility index (Phi) is 4.75. The third kappa shape index (κ3) is 3.50. The van der Waals surface area contributed by atoms with E-state index in [1.807, 2.05) is 0 Å². The van der Waals surface area contributed by atoms with E-state index in [1.54, 1.807) is 0 Å². The third-order valence-corrected chi connectivity index (χ3v) is 5.48. The Bertz CT molecular complexity index is 260. The lowest BCUT2D eigenvalue weighted by molar-refractivity contribution is 0.0978. The Morgan fingerprint density at radius 1 is 1.17 bits per heavy atom. The molecule has 0 heterocycles. The molecule has 2 N–H and O–H groups in total. The molecule has 1 heteroatoms. The number of hydrogen-bond acceptors (Lipinski definition) is 1. The first-order chi connectivity index (χ1) is 8.49. The first kappa shape index (κ1) is 14.4. The van der Waals surface area contributed by atoms with Crippen LogP contribution in [0.2, 0.25) is 0 Å². The minimum Gasteiger partial charge on any atom is -0.325 e. The average Bonchev–Trinajstić information content (AvgIpc) is 2.28. The van der Waals surface area contributed by atoms with E-state index in [0.717, 1.165) is 23.7 Å². The minimum absolute atomic E-state index is 0.187. The van der Waals surface area contributed by atoms with Crippen LogP contribution in [0.5, 0.6) is 0 Å². The van der Waals surface area contributed by atoms with Crippen molar-refractivity contribution in [2.24, 2.45) is 29.4 Å². The first-order valence-corrected chi connectivity index (χ1v) is 8.28. The summed E-state index contributed by atoms with van der Waals surface area (Å²) in [5.74, 6) is 3.47. The zero-order chi connectivity index (χ0) is 13.2. The number of nitrogens with two attached hydrogens (primary N) is 1. The van der Waals surface area contributed by atoms with Gasteiger partial charge in [0, 0.05) is 5.54 Å². The molecule has 0 radical (unpaired) electrons. The van der Waals surface area contributed by atoms with Crippen LogP contribution in [0, 0.1) is 23.7 Å². The fourth-order valence-corrected chi connectivity index (χ4v) is 4.66. The van der Waals surface area contributed by atoms with Crippen molar-refractivity contribution < 1.29 is 0 Å². The molecule has 0 aromatic rings. The summed E-state index contributed by atoms with van der Waals surface area (Å²) in [6.45, 7) is 7.13. The van der Waals surface area contributed by atoms with Crippen LogP contribution in [0.25, 0.3) is 0 Å². The van der Waals surface area contributed by atoms with Crippen molar-refractivity contribution in [3.8, 4) is 0 Å². The van der Waals surface area contributed by atoms with Crippen molar-refractivity contribution in [3.05, 3.63) is 0 Å². The average molecular weight is 251 g/mol. The molecule has 0 saturated heterocycles. The molecule has 2 rings (SSSR count). The molecule has 2 saturated carbocycles. The lowest BCUT2D eigenvalue weighted by atomic mass is 9.63. The second-order valence-electron chi connectivity index (χ2n) is 7.79. The van der Waals surface area contributed by atoms with Crippen molar-refractivity contribution in [1.82, 2.24) is 0 Å².